The monoisotopic (exact) mass is 593 g/mol. The van der Waals surface area contributed by atoms with E-state index in [9.17, 15) is 13.2 Å². The Bertz CT molecular complexity index is 1660. The van der Waals surface area contributed by atoms with E-state index in [0.717, 1.165) is 5.56 Å². The third kappa shape index (κ3) is 6.07. The molecule has 212 valence electrons. The molecular formula is C28H27N5O6S2. The number of thioether (sulfide) groups is 1. The fourth-order valence-corrected chi connectivity index (χ4v) is 6.74. The maximum Gasteiger partial charge on any atom is 0.243 e. The van der Waals surface area contributed by atoms with Crippen LogP contribution < -0.4 is 14.8 Å². The molecule has 2 aliphatic heterocycles. The Hall–Kier alpha value is -3.91. The molecule has 0 aliphatic carbocycles. The van der Waals surface area contributed by atoms with Gasteiger partial charge < -0.3 is 19.5 Å². The molecule has 6 rings (SSSR count). The van der Waals surface area contributed by atoms with E-state index in [-0.39, 0.29) is 23.3 Å². The molecular weight excluding hydrogens is 566 g/mol. The van der Waals surface area contributed by atoms with Gasteiger partial charge in [0, 0.05) is 30.4 Å². The number of sulfonamides is 1. The minimum Gasteiger partial charge on any atom is -0.454 e. The Morgan fingerprint density at radius 2 is 1.73 bits per heavy atom. The first-order valence-electron chi connectivity index (χ1n) is 13.0. The van der Waals surface area contributed by atoms with Crippen molar-refractivity contribution < 1.29 is 27.4 Å². The van der Waals surface area contributed by atoms with Gasteiger partial charge in [-0.3, -0.25) is 9.36 Å². The first kappa shape index (κ1) is 27.3. The maximum absolute atomic E-state index is 13.3. The van der Waals surface area contributed by atoms with Gasteiger partial charge >= 0.3 is 0 Å². The van der Waals surface area contributed by atoms with Crippen LogP contribution in [0.5, 0.6) is 11.5 Å². The highest BCUT2D eigenvalue weighted by molar-refractivity contribution is 7.99. The number of carbonyl (C=O) groups excluding carboxylic acids is 1. The van der Waals surface area contributed by atoms with Crippen molar-refractivity contribution in [2.45, 2.75) is 16.6 Å². The van der Waals surface area contributed by atoms with E-state index < -0.39 is 10.0 Å². The van der Waals surface area contributed by atoms with Crippen LogP contribution in [-0.4, -0.2) is 72.2 Å². The van der Waals surface area contributed by atoms with Gasteiger partial charge in [0.25, 0.3) is 0 Å². The molecule has 1 fully saturated rings. The average Bonchev–Trinajstić information content (AvgIpc) is 3.64. The number of carbonyl (C=O) groups is 1. The summed E-state index contributed by atoms with van der Waals surface area (Å²) in [4.78, 5) is 13.0. The lowest BCUT2D eigenvalue weighted by molar-refractivity contribution is -0.113. The second kappa shape index (κ2) is 11.9. The molecule has 2 aliphatic rings. The number of rotatable bonds is 9. The summed E-state index contributed by atoms with van der Waals surface area (Å²) in [7, 11) is -3.69. The van der Waals surface area contributed by atoms with Gasteiger partial charge in [-0.05, 0) is 29.8 Å². The van der Waals surface area contributed by atoms with E-state index in [1.807, 2.05) is 41.0 Å². The molecule has 1 aromatic heterocycles. The number of anilines is 1. The topological polar surface area (TPSA) is 125 Å². The van der Waals surface area contributed by atoms with Crippen molar-refractivity contribution >= 4 is 33.4 Å². The number of morpholine rings is 1. The molecule has 0 radical (unpaired) electrons. The molecule has 1 N–H and O–H groups in total. The van der Waals surface area contributed by atoms with Crippen LogP contribution in [-0.2, 0) is 26.1 Å². The Labute approximate surface area is 241 Å². The zero-order valence-corrected chi connectivity index (χ0v) is 23.6. The van der Waals surface area contributed by atoms with Crippen molar-refractivity contribution in [2.24, 2.45) is 0 Å². The molecule has 11 nitrogen and oxygen atoms in total. The van der Waals surface area contributed by atoms with E-state index >= 15 is 0 Å². The maximum atomic E-state index is 13.3. The number of hydrogen-bond acceptors (Lipinski definition) is 9. The molecule has 3 heterocycles. The Balaban J connectivity index is 1.24. The van der Waals surface area contributed by atoms with Crippen molar-refractivity contribution in [1.29, 1.82) is 0 Å². The second-order valence-corrected chi connectivity index (χ2v) is 12.2. The largest absolute Gasteiger partial charge is 0.454 e. The van der Waals surface area contributed by atoms with Crippen molar-refractivity contribution in [3.8, 4) is 22.9 Å². The highest BCUT2D eigenvalue weighted by Gasteiger charge is 2.27. The average molecular weight is 594 g/mol. The molecule has 0 unspecified atom stereocenters. The van der Waals surface area contributed by atoms with Gasteiger partial charge in [-0.2, -0.15) is 4.31 Å². The fourth-order valence-electron chi connectivity index (χ4n) is 4.55. The zero-order valence-electron chi connectivity index (χ0n) is 21.9. The Kier molecular flexibility index (Phi) is 7.92. The number of benzene rings is 3. The number of ether oxygens (including phenoxy) is 3. The predicted octanol–water partition coefficient (Wildman–Crippen LogP) is 3.47. The van der Waals surface area contributed by atoms with Crippen LogP contribution in [0.4, 0.5) is 5.69 Å². The lowest BCUT2D eigenvalue weighted by Crippen LogP contribution is -2.40. The minimum absolute atomic E-state index is 0.0901. The molecule has 13 heteroatoms. The SMILES string of the molecule is O=C(CSc1nnc(-c2cccc(S(=O)(=O)N3CCOCC3)c2)n1Cc1ccccc1)Nc1ccc2c(c1)OCO2. The predicted molar refractivity (Wildman–Crippen MR) is 152 cm³/mol. The van der Waals surface area contributed by atoms with E-state index in [4.69, 9.17) is 14.2 Å². The highest BCUT2D eigenvalue weighted by atomic mass is 32.2. The summed E-state index contributed by atoms with van der Waals surface area (Å²) < 4.78 is 46.0. The summed E-state index contributed by atoms with van der Waals surface area (Å²) in [5.74, 6) is 1.60. The van der Waals surface area contributed by atoms with Crippen LogP contribution >= 0.6 is 11.8 Å². The van der Waals surface area contributed by atoms with Crippen LogP contribution in [0.2, 0.25) is 0 Å². The van der Waals surface area contributed by atoms with E-state index in [1.165, 1.54) is 16.1 Å². The van der Waals surface area contributed by atoms with Gasteiger partial charge in [-0.1, -0.05) is 54.2 Å². The highest BCUT2D eigenvalue weighted by Crippen LogP contribution is 2.34. The molecule has 4 aromatic rings. The van der Waals surface area contributed by atoms with Gasteiger partial charge in [-0.15, -0.1) is 10.2 Å². The smallest absolute Gasteiger partial charge is 0.243 e. The number of amides is 1. The minimum atomic E-state index is -3.69. The van der Waals surface area contributed by atoms with Crippen LogP contribution in [0.25, 0.3) is 11.4 Å². The first-order chi connectivity index (χ1) is 20.0. The van der Waals surface area contributed by atoms with Gasteiger partial charge in [-0.25, -0.2) is 8.42 Å². The van der Waals surface area contributed by atoms with Crippen molar-refractivity contribution in [2.75, 3.05) is 44.2 Å². The fraction of sp³-hybridized carbons (Fsp3) is 0.250. The zero-order chi connectivity index (χ0) is 28.2. The Morgan fingerprint density at radius 3 is 2.56 bits per heavy atom. The molecule has 0 bridgehead atoms. The van der Waals surface area contributed by atoms with Crippen LogP contribution in [0.1, 0.15) is 5.56 Å². The van der Waals surface area contributed by atoms with Crippen LogP contribution in [0.15, 0.2) is 82.8 Å². The molecule has 0 saturated carbocycles. The molecule has 1 saturated heterocycles. The number of hydrogen-bond donors (Lipinski definition) is 1. The molecule has 0 atom stereocenters. The standard InChI is InChI=1S/C28H27N5O6S2/c34-26(29-22-9-10-24-25(16-22)39-19-38-24)18-40-28-31-30-27(33(28)17-20-5-2-1-3-6-20)21-7-4-8-23(15-21)41(35,36)32-11-13-37-14-12-32/h1-10,15-16H,11-14,17-19H2,(H,29,34). The summed E-state index contributed by atoms with van der Waals surface area (Å²) >= 11 is 1.25. The molecule has 3 aromatic carbocycles. The number of nitrogens with zero attached hydrogens (tertiary/aromatic N) is 4. The molecule has 1 amide bonds. The first-order valence-corrected chi connectivity index (χ1v) is 15.4. The Morgan fingerprint density at radius 1 is 0.927 bits per heavy atom. The summed E-state index contributed by atoms with van der Waals surface area (Å²) in [6.45, 7) is 1.96. The van der Waals surface area contributed by atoms with E-state index in [1.54, 1.807) is 36.4 Å². The number of aromatic nitrogens is 3. The number of nitrogens with one attached hydrogen (secondary N) is 1. The second-order valence-electron chi connectivity index (χ2n) is 9.33. The van der Waals surface area contributed by atoms with E-state index in [0.29, 0.717) is 66.6 Å². The third-order valence-corrected chi connectivity index (χ3v) is 9.45. The van der Waals surface area contributed by atoms with Gasteiger partial charge in [0.05, 0.1) is 30.4 Å². The quantitative estimate of drug-likeness (QED) is 0.291. The molecule has 41 heavy (non-hydrogen) atoms. The summed E-state index contributed by atoms with van der Waals surface area (Å²) in [6, 6.07) is 21.8. The summed E-state index contributed by atoms with van der Waals surface area (Å²) in [5.41, 5.74) is 2.22. The third-order valence-electron chi connectivity index (χ3n) is 6.59. The van der Waals surface area contributed by atoms with Crippen molar-refractivity contribution in [1.82, 2.24) is 19.1 Å². The normalized spacial score (nSPS) is 15.1. The van der Waals surface area contributed by atoms with Gasteiger partial charge in [0.1, 0.15) is 0 Å². The van der Waals surface area contributed by atoms with Crippen molar-refractivity contribution in [3.63, 3.8) is 0 Å². The van der Waals surface area contributed by atoms with Crippen LogP contribution in [0.3, 0.4) is 0 Å². The van der Waals surface area contributed by atoms with Gasteiger partial charge in [0.2, 0.25) is 22.7 Å². The lowest BCUT2D eigenvalue weighted by Gasteiger charge is -2.26. The lowest BCUT2D eigenvalue weighted by atomic mass is 10.2. The summed E-state index contributed by atoms with van der Waals surface area (Å²) in [6.07, 6.45) is 0. The van der Waals surface area contributed by atoms with Gasteiger partial charge in [0.15, 0.2) is 22.5 Å². The molecule has 0 spiro atoms. The van der Waals surface area contributed by atoms with Crippen molar-refractivity contribution in [3.05, 3.63) is 78.4 Å². The number of fused-ring (bicyclic) bond motifs is 1. The van der Waals surface area contributed by atoms with Crippen LogP contribution in [0, 0.1) is 0 Å². The summed E-state index contributed by atoms with van der Waals surface area (Å²) in [5, 5.41) is 12.2. The van der Waals surface area contributed by atoms with E-state index in [2.05, 4.69) is 15.5 Å².